The average molecular weight is 195 g/mol. The third-order valence-corrected chi connectivity index (χ3v) is 1.62. The SMILES string of the molecule is [2H]OC(=O)/C=C/c1ccc(O)c(OC)c1. The first-order chi connectivity index (χ1) is 7.17. The number of phenols is 1. The molecule has 0 aromatic heterocycles. The molecule has 0 atom stereocenters. The van der Waals surface area contributed by atoms with Gasteiger partial charge in [0.15, 0.2) is 11.5 Å². The van der Waals surface area contributed by atoms with E-state index in [0.29, 0.717) is 11.3 Å². The zero-order valence-corrected chi connectivity index (χ0v) is 7.56. The number of ether oxygens (including phenoxy) is 1. The first kappa shape index (κ1) is 8.62. The Hall–Kier alpha value is -1.97. The molecule has 0 fully saturated rings. The molecule has 74 valence electrons. The van der Waals surface area contributed by atoms with E-state index in [4.69, 9.17) is 6.17 Å². The molecular weight excluding hydrogens is 184 g/mol. The van der Waals surface area contributed by atoms with Crippen molar-refractivity contribution in [2.24, 2.45) is 0 Å². The lowest BCUT2D eigenvalue weighted by molar-refractivity contribution is -0.131. The number of carbonyl (C=O) groups is 1. The first-order valence-corrected chi connectivity index (χ1v) is 3.89. The van der Waals surface area contributed by atoms with Crippen molar-refractivity contribution in [2.45, 2.75) is 0 Å². The van der Waals surface area contributed by atoms with E-state index in [-0.39, 0.29) is 5.75 Å². The van der Waals surface area contributed by atoms with Crippen molar-refractivity contribution in [2.75, 3.05) is 7.11 Å². The van der Waals surface area contributed by atoms with E-state index in [1.165, 1.54) is 19.3 Å². The van der Waals surface area contributed by atoms with Crippen molar-refractivity contribution in [3.63, 3.8) is 0 Å². The Kier molecular flexibility index (Phi) is 2.66. The van der Waals surface area contributed by atoms with Crippen LogP contribution in [0.5, 0.6) is 11.5 Å². The third kappa shape index (κ3) is 2.52. The van der Waals surface area contributed by atoms with E-state index < -0.39 is 5.97 Å². The van der Waals surface area contributed by atoms with Gasteiger partial charge < -0.3 is 15.0 Å². The molecule has 0 aliphatic carbocycles. The van der Waals surface area contributed by atoms with E-state index in [1.54, 1.807) is 12.1 Å². The lowest BCUT2D eigenvalue weighted by Gasteiger charge is -2.03. The molecule has 0 spiro atoms. The molecule has 0 bridgehead atoms. The molecule has 0 unspecified atom stereocenters. The van der Waals surface area contributed by atoms with Gasteiger partial charge in [-0.05, 0) is 23.8 Å². The van der Waals surface area contributed by atoms with Gasteiger partial charge in [0.25, 0.3) is 1.43 Å². The van der Waals surface area contributed by atoms with Gasteiger partial charge >= 0.3 is 5.97 Å². The lowest BCUT2D eigenvalue weighted by atomic mass is 10.2. The van der Waals surface area contributed by atoms with Gasteiger partial charge in [0, 0.05) is 6.08 Å². The molecule has 0 aliphatic heterocycles. The van der Waals surface area contributed by atoms with Gasteiger partial charge in [-0.2, -0.15) is 0 Å². The second-order valence-corrected chi connectivity index (χ2v) is 2.58. The summed E-state index contributed by atoms with van der Waals surface area (Å²) in [5, 5.41) is 13.0. The topological polar surface area (TPSA) is 66.8 Å². The van der Waals surface area contributed by atoms with Crippen molar-refractivity contribution >= 4 is 12.0 Å². The van der Waals surface area contributed by atoms with Crippen LogP contribution in [-0.2, 0) is 4.79 Å². The van der Waals surface area contributed by atoms with E-state index in [9.17, 15) is 9.90 Å². The summed E-state index contributed by atoms with van der Waals surface area (Å²) in [5.74, 6) is -0.420. The van der Waals surface area contributed by atoms with Crippen molar-refractivity contribution in [3.8, 4) is 11.5 Å². The summed E-state index contributed by atoms with van der Waals surface area (Å²) in [4.78, 5) is 10.6. The summed E-state index contributed by atoms with van der Waals surface area (Å²) in [6.45, 7) is 0. The molecule has 1 aromatic carbocycles. The highest BCUT2D eigenvalue weighted by Gasteiger charge is 2.00. The largest absolute Gasteiger partial charge is 0.504 e. The number of phenolic OH excluding ortho intramolecular Hbond substituents is 1. The maximum absolute atomic E-state index is 10.6. The van der Waals surface area contributed by atoms with Crippen LogP contribution < -0.4 is 4.74 Å². The standard InChI is InChI=1S/C10H10O4/c1-14-9-6-7(2-4-8(9)11)3-5-10(12)13/h2-6,11H,1H3,(H,12,13)/b5-3+/i/hD. The Morgan fingerprint density at radius 3 is 3.07 bits per heavy atom. The van der Waals surface area contributed by atoms with Crippen LogP contribution in [0.4, 0.5) is 0 Å². The smallest absolute Gasteiger partial charge is 0.328 e. The van der Waals surface area contributed by atoms with Crippen molar-refractivity contribution in [3.05, 3.63) is 29.8 Å². The third-order valence-electron chi connectivity index (χ3n) is 1.62. The maximum atomic E-state index is 10.6. The van der Waals surface area contributed by atoms with Crippen molar-refractivity contribution in [1.29, 1.82) is 1.43 Å². The minimum atomic E-state index is -0.762. The van der Waals surface area contributed by atoms with Crippen LogP contribution in [0.2, 0.25) is 0 Å². The number of benzene rings is 1. The summed E-state index contributed by atoms with van der Waals surface area (Å²) in [5.41, 5.74) is 0.662. The zero-order valence-electron chi connectivity index (χ0n) is 8.56. The minimum absolute atomic E-state index is 0.0257. The Bertz CT molecular complexity index is 387. The Morgan fingerprint density at radius 2 is 2.43 bits per heavy atom. The second-order valence-electron chi connectivity index (χ2n) is 2.58. The molecule has 1 aromatic rings. The molecule has 0 amide bonds. The van der Waals surface area contributed by atoms with Crippen molar-refractivity contribution in [1.82, 2.24) is 0 Å². The first-order valence-electron chi connectivity index (χ1n) is 4.30. The van der Waals surface area contributed by atoms with Crippen molar-refractivity contribution < 1.29 is 19.7 Å². The van der Waals surface area contributed by atoms with Gasteiger partial charge in [-0.25, -0.2) is 4.79 Å². The maximum Gasteiger partial charge on any atom is 0.328 e. The Balaban J connectivity index is 2.87. The fourth-order valence-corrected chi connectivity index (χ4v) is 0.962. The number of carboxylic acid groups (broad SMARTS) is 1. The van der Waals surface area contributed by atoms with E-state index in [0.717, 1.165) is 6.08 Å². The van der Waals surface area contributed by atoms with Gasteiger partial charge in [0.05, 0.1) is 7.11 Å². The van der Waals surface area contributed by atoms with Crippen LogP contribution in [-0.4, -0.2) is 23.3 Å². The number of rotatable bonds is 3. The summed E-state index contributed by atoms with van der Waals surface area (Å²) in [6.07, 6.45) is 2.57. The minimum Gasteiger partial charge on any atom is -0.504 e. The molecule has 4 heteroatoms. The fraction of sp³-hybridized carbons (Fsp3) is 0.100. The number of carboxylic acids is 1. The number of hydrogen-bond donors (Lipinski definition) is 2. The van der Waals surface area contributed by atoms with Crippen LogP contribution in [0.3, 0.4) is 0 Å². The quantitative estimate of drug-likeness (QED) is 0.717. The van der Waals surface area contributed by atoms with E-state index in [1.807, 2.05) is 0 Å². The van der Waals surface area contributed by atoms with Crippen LogP contribution in [0, 0.1) is 0 Å². The van der Waals surface area contributed by atoms with Crippen LogP contribution in [0.1, 0.15) is 5.56 Å². The second kappa shape index (κ2) is 4.32. The van der Waals surface area contributed by atoms with Crippen LogP contribution >= 0.6 is 0 Å². The molecule has 0 heterocycles. The van der Waals surface area contributed by atoms with E-state index >= 15 is 0 Å². The molecule has 14 heavy (non-hydrogen) atoms. The lowest BCUT2D eigenvalue weighted by Crippen LogP contribution is -1.87. The Labute approximate surface area is 82.6 Å². The van der Waals surface area contributed by atoms with Gasteiger partial charge in [-0.3, -0.25) is 0 Å². The molecule has 0 saturated carbocycles. The average Bonchev–Trinajstić information content (AvgIpc) is 2.27. The highest BCUT2D eigenvalue weighted by Crippen LogP contribution is 2.26. The number of hydrogen-bond acceptors (Lipinski definition) is 4. The molecular formula is C10H10O4. The van der Waals surface area contributed by atoms with Gasteiger partial charge in [-0.15, -0.1) is 0 Å². The Morgan fingerprint density at radius 1 is 1.64 bits per heavy atom. The predicted molar refractivity (Wildman–Crippen MR) is 51.3 cm³/mol. The number of aliphatic carboxylic acids is 1. The molecule has 4 nitrogen and oxygen atoms in total. The summed E-state index contributed by atoms with van der Waals surface area (Å²) in [7, 11) is 1.43. The van der Waals surface area contributed by atoms with E-state index in [2.05, 4.69) is 5.11 Å². The fourth-order valence-electron chi connectivity index (χ4n) is 0.962. The molecule has 0 aliphatic rings. The number of methoxy groups -OCH3 is 1. The van der Waals surface area contributed by atoms with Crippen LogP contribution in [0.15, 0.2) is 24.3 Å². The highest BCUT2D eigenvalue weighted by atomic mass is 16.5. The van der Waals surface area contributed by atoms with Gasteiger partial charge in [-0.1, -0.05) is 6.07 Å². The van der Waals surface area contributed by atoms with Gasteiger partial charge in [0.1, 0.15) is 0 Å². The normalized spacial score (nSPS) is 11.1. The number of aromatic hydroxyl groups is 1. The summed E-state index contributed by atoms with van der Waals surface area (Å²) < 4.78 is 11.2. The molecule has 0 saturated heterocycles. The summed E-state index contributed by atoms with van der Waals surface area (Å²) >= 11 is 0. The highest BCUT2D eigenvalue weighted by molar-refractivity contribution is 5.85. The molecule has 1 rings (SSSR count). The van der Waals surface area contributed by atoms with Gasteiger partial charge in [0.2, 0.25) is 0 Å². The zero-order chi connectivity index (χ0) is 11.3. The monoisotopic (exact) mass is 195 g/mol. The van der Waals surface area contributed by atoms with Crippen LogP contribution in [0.25, 0.3) is 7.51 Å². The summed E-state index contributed by atoms with van der Waals surface area (Å²) in [6, 6.07) is 4.61. The molecule has 0 radical (unpaired) electrons. The molecule has 2 N–H and O–H groups in total. The predicted octanol–water partition coefficient (Wildman–Crippen LogP) is 1.50.